The fourth-order valence-corrected chi connectivity index (χ4v) is 2.41. The fraction of sp³-hybridized carbons (Fsp3) is 0.353. The molecule has 1 aromatic carbocycles. The summed E-state index contributed by atoms with van der Waals surface area (Å²) in [5.41, 5.74) is 2.57. The molecule has 2 rings (SSSR count). The van der Waals surface area contributed by atoms with E-state index in [0.717, 1.165) is 31.2 Å². The Kier molecular flexibility index (Phi) is 7.82. The molecule has 0 spiro atoms. The topological polar surface area (TPSA) is 36.9 Å². The van der Waals surface area contributed by atoms with Crippen LogP contribution in [0.4, 0.5) is 0 Å². The van der Waals surface area contributed by atoms with Crippen molar-refractivity contribution in [1.29, 1.82) is 0 Å². The fourth-order valence-electron chi connectivity index (χ4n) is 2.41. The first-order valence-corrected chi connectivity index (χ1v) is 7.01. The van der Waals surface area contributed by atoms with Gasteiger partial charge < -0.3 is 15.0 Å². The minimum atomic E-state index is 0. The van der Waals surface area contributed by atoms with E-state index in [-0.39, 0.29) is 24.0 Å². The van der Waals surface area contributed by atoms with E-state index in [1.807, 2.05) is 12.1 Å². The van der Waals surface area contributed by atoms with Crippen LogP contribution < -0.4 is 10.1 Å². The number of halogens is 1. The first-order valence-electron chi connectivity index (χ1n) is 7.01. The van der Waals surface area contributed by atoms with E-state index >= 15 is 0 Å². The van der Waals surface area contributed by atoms with E-state index in [4.69, 9.17) is 11.2 Å². The number of terminal acetylenes is 1. The summed E-state index contributed by atoms with van der Waals surface area (Å²) in [6, 6.07) is 8.18. The molecule has 1 heterocycles. The Morgan fingerprint density at radius 1 is 1.50 bits per heavy atom. The van der Waals surface area contributed by atoms with Gasteiger partial charge in [-0.25, -0.2) is 0 Å². The number of guanidine groups is 1. The predicted octanol–water partition coefficient (Wildman–Crippen LogP) is 2.61. The van der Waals surface area contributed by atoms with Crippen molar-refractivity contribution in [2.24, 2.45) is 4.99 Å². The highest BCUT2D eigenvalue weighted by Gasteiger charge is 2.16. The molecule has 1 aromatic rings. The Labute approximate surface area is 149 Å². The minimum Gasteiger partial charge on any atom is -0.497 e. The molecule has 0 aliphatic carbocycles. The summed E-state index contributed by atoms with van der Waals surface area (Å²) in [7, 11) is 3.47. The zero-order valence-electron chi connectivity index (χ0n) is 13.0. The lowest BCUT2D eigenvalue weighted by Crippen LogP contribution is -2.43. The van der Waals surface area contributed by atoms with Gasteiger partial charge in [-0.1, -0.05) is 24.1 Å². The Bertz CT molecular complexity index is 590. The third-order valence-corrected chi connectivity index (χ3v) is 3.51. The van der Waals surface area contributed by atoms with Crippen molar-refractivity contribution in [3.8, 4) is 18.1 Å². The zero-order valence-corrected chi connectivity index (χ0v) is 15.3. The van der Waals surface area contributed by atoms with Crippen LogP contribution in [0.5, 0.6) is 5.75 Å². The highest BCUT2D eigenvalue weighted by molar-refractivity contribution is 14.0. The van der Waals surface area contributed by atoms with Gasteiger partial charge in [-0.15, -0.1) is 30.4 Å². The van der Waals surface area contributed by atoms with Gasteiger partial charge in [-0.3, -0.25) is 4.99 Å². The monoisotopic (exact) mass is 411 g/mol. The van der Waals surface area contributed by atoms with Gasteiger partial charge in [0, 0.05) is 20.1 Å². The molecule has 1 N–H and O–H groups in total. The van der Waals surface area contributed by atoms with Crippen molar-refractivity contribution >= 4 is 35.5 Å². The molecule has 0 bridgehead atoms. The lowest BCUT2D eigenvalue weighted by Gasteiger charge is -2.29. The summed E-state index contributed by atoms with van der Waals surface area (Å²) in [6.07, 6.45) is 8.49. The van der Waals surface area contributed by atoms with E-state index in [0.29, 0.717) is 6.54 Å². The van der Waals surface area contributed by atoms with Gasteiger partial charge in [-0.05, 0) is 29.7 Å². The largest absolute Gasteiger partial charge is 0.497 e. The van der Waals surface area contributed by atoms with Crippen molar-refractivity contribution in [1.82, 2.24) is 10.2 Å². The third-order valence-electron chi connectivity index (χ3n) is 3.51. The van der Waals surface area contributed by atoms with Crippen molar-refractivity contribution < 1.29 is 4.74 Å². The molecule has 4 nitrogen and oxygen atoms in total. The molecule has 0 atom stereocenters. The molecule has 0 fully saturated rings. The van der Waals surface area contributed by atoms with E-state index < -0.39 is 0 Å². The van der Waals surface area contributed by atoms with Crippen molar-refractivity contribution in [3.05, 3.63) is 35.9 Å². The quantitative estimate of drug-likeness (QED) is 0.360. The highest BCUT2D eigenvalue weighted by Crippen LogP contribution is 2.25. The number of ether oxygens (including phenoxy) is 1. The average Bonchev–Trinajstić information content (AvgIpc) is 2.56. The summed E-state index contributed by atoms with van der Waals surface area (Å²) in [5.74, 6) is 4.32. The molecule has 0 saturated heterocycles. The number of benzene rings is 1. The van der Waals surface area contributed by atoms with Gasteiger partial charge in [-0.2, -0.15) is 0 Å². The number of methoxy groups -OCH3 is 1. The maximum Gasteiger partial charge on any atom is 0.194 e. The summed E-state index contributed by atoms with van der Waals surface area (Å²) in [5, 5.41) is 3.15. The van der Waals surface area contributed by atoms with Crippen LogP contribution in [-0.2, 0) is 0 Å². The molecular formula is C17H22IN3O. The lowest BCUT2D eigenvalue weighted by molar-refractivity contribution is 0.414. The Balaban J connectivity index is 0.00000242. The van der Waals surface area contributed by atoms with Crippen LogP contribution in [0.3, 0.4) is 0 Å². The standard InChI is InChI=1S/C17H21N3O.HI/c1-4-10-19-17(18-2)20-11-8-14(9-12-20)15-6-5-7-16(13-15)21-3;/h1,5-8,13H,9-12H2,2-3H3,(H,18,19);1H. The van der Waals surface area contributed by atoms with E-state index in [1.165, 1.54) is 11.1 Å². The number of aliphatic imine (C=N–C) groups is 1. The summed E-state index contributed by atoms with van der Waals surface area (Å²) < 4.78 is 5.28. The molecule has 1 aliphatic heterocycles. The second-order valence-electron chi connectivity index (χ2n) is 4.76. The number of hydrogen-bond acceptors (Lipinski definition) is 2. The van der Waals surface area contributed by atoms with Gasteiger partial charge in [0.2, 0.25) is 0 Å². The van der Waals surface area contributed by atoms with Gasteiger partial charge in [0.25, 0.3) is 0 Å². The molecule has 0 amide bonds. The van der Waals surface area contributed by atoms with Gasteiger partial charge in [0.15, 0.2) is 5.96 Å². The average molecular weight is 411 g/mol. The number of hydrogen-bond donors (Lipinski definition) is 1. The predicted molar refractivity (Wildman–Crippen MR) is 103 cm³/mol. The Morgan fingerprint density at radius 2 is 2.32 bits per heavy atom. The molecule has 1 aliphatic rings. The van der Waals surface area contributed by atoms with Gasteiger partial charge in [0.05, 0.1) is 13.7 Å². The van der Waals surface area contributed by atoms with Crippen LogP contribution in [0.25, 0.3) is 5.57 Å². The van der Waals surface area contributed by atoms with Gasteiger partial charge in [0.1, 0.15) is 5.75 Å². The second-order valence-corrected chi connectivity index (χ2v) is 4.76. The normalized spacial score (nSPS) is 14.5. The molecule has 0 aromatic heterocycles. The molecule has 118 valence electrons. The van der Waals surface area contributed by atoms with Crippen LogP contribution in [0, 0.1) is 12.3 Å². The summed E-state index contributed by atoms with van der Waals surface area (Å²) >= 11 is 0. The van der Waals surface area contributed by atoms with Crippen molar-refractivity contribution in [2.75, 3.05) is 33.8 Å². The van der Waals surface area contributed by atoms with E-state index in [2.05, 4.69) is 39.3 Å². The minimum absolute atomic E-state index is 0. The first kappa shape index (κ1) is 18.4. The maximum atomic E-state index is 5.28. The second kappa shape index (κ2) is 9.36. The van der Waals surface area contributed by atoms with Gasteiger partial charge >= 0.3 is 0 Å². The molecule has 22 heavy (non-hydrogen) atoms. The summed E-state index contributed by atoms with van der Waals surface area (Å²) in [6.45, 7) is 2.25. The molecule has 0 radical (unpaired) electrons. The van der Waals surface area contributed by atoms with Crippen LogP contribution in [0.1, 0.15) is 12.0 Å². The van der Waals surface area contributed by atoms with Crippen LogP contribution in [0.15, 0.2) is 35.3 Å². The van der Waals surface area contributed by atoms with Crippen LogP contribution >= 0.6 is 24.0 Å². The zero-order chi connectivity index (χ0) is 15.1. The maximum absolute atomic E-state index is 5.28. The highest BCUT2D eigenvalue weighted by atomic mass is 127. The number of rotatable bonds is 3. The van der Waals surface area contributed by atoms with E-state index in [9.17, 15) is 0 Å². The Hall–Kier alpha value is -1.68. The Morgan fingerprint density at radius 3 is 2.91 bits per heavy atom. The molecule has 0 saturated carbocycles. The molecule has 5 heteroatoms. The first-order chi connectivity index (χ1) is 10.3. The van der Waals surface area contributed by atoms with E-state index in [1.54, 1.807) is 14.2 Å². The third kappa shape index (κ3) is 4.67. The van der Waals surface area contributed by atoms with Crippen LogP contribution in [-0.4, -0.2) is 44.7 Å². The molecular weight excluding hydrogens is 389 g/mol. The number of nitrogens with zero attached hydrogens (tertiary/aromatic N) is 2. The SMILES string of the molecule is C#CCNC(=NC)N1CC=C(c2cccc(OC)c2)CC1.I. The smallest absolute Gasteiger partial charge is 0.194 e. The molecule has 0 unspecified atom stereocenters. The van der Waals surface area contributed by atoms with Crippen molar-refractivity contribution in [3.63, 3.8) is 0 Å². The summed E-state index contributed by atoms with van der Waals surface area (Å²) in [4.78, 5) is 6.46. The van der Waals surface area contributed by atoms with Crippen LogP contribution in [0.2, 0.25) is 0 Å². The lowest BCUT2D eigenvalue weighted by atomic mass is 9.99. The number of nitrogens with one attached hydrogen (secondary N) is 1. The van der Waals surface area contributed by atoms with Crippen molar-refractivity contribution in [2.45, 2.75) is 6.42 Å².